The number of nitrogens with one attached hydrogen (secondary N) is 2. The Bertz CT molecular complexity index is 1200. The maximum absolute atomic E-state index is 10.5. The van der Waals surface area contributed by atoms with Crippen molar-refractivity contribution in [3.63, 3.8) is 0 Å². The first-order chi connectivity index (χ1) is 20.1. The summed E-state index contributed by atoms with van der Waals surface area (Å²) in [7, 11) is 1.64. The van der Waals surface area contributed by atoms with E-state index in [0.717, 1.165) is 12.2 Å². The van der Waals surface area contributed by atoms with Gasteiger partial charge in [-0.25, -0.2) is 19.2 Å². The second-order valence-electron chi connectivity index (χ2n) is 8.49. The van der Waals surface area contributed by atoms with E-state index in [1.807, 2.05) is 31.2 Å². The van der Waals surface area contributed by atoms with Crippen LogP contribution in [0.3, 0.4) is 0 Å². The minimum Gasteiger partial charge on any atom is -0.506 e. The number of hydrogen-bond donors (Lipinski definition) is 10. The van der Waals surface area contributed by atoms with Gasteiger partial charge in [0.1, 0.15) is 11.5 Å². The number of benzene rings is 2. The molecule has 236 valence electrons. The van der Waals surface area contributed by atoms with Crippen LogP contribution in [0.2, 0.25) is 0 Å². The summed E-state index contributed by atoms with van der Waals surface area (Å²) in [6.45, 7) is 2.41. The first-order valence-electron chi connectivity index (χ1n) is 12.2. The number of carboxylic acids is 4. The van der Waals surface area contributed by atoms with Gasteiger partial charge >= 0.3 is 23.9 Å². The zero-order chi connectivity index (χ0) is 33.1. The van der Waals surface area contributed by atoms with Crippen LogP contribution < -0.4 is 15.4 Å². The summed E-state index contributed by atoms with van der Waals surface area (Å²) in [6.07, 6.45) is -2.85. The van der Waals surface area contributed by atoms with Crippen molar-refractivity contribution in [2.75, 3.05) is 19.0 Å². The van der Waals surface area contributed by atoms with Gasteiger partial charge in [-0.2, -0.15) is 0 Å². The van der Waals surface area contributed by atoms with E-state index in [1.54, 1.807) is 19.2 Å². The van der Waals surface area contributed by atoms with Gasteiger partial charge in [-0.3, -0.25) is 4.79 Å². The van der Waals surface area contributed by atoms with E-state index in [0.29, 0.717) is 30.7 Å². The van der Waals surface area contributed by atoms with Crippen LogP contribution >= 0.6 is 0 Å². The first-order valence-corrected chi connectivity index (χ1v) is 12.2. The average molecular weight is 611 g/mol. The zero-order valence-electron chi connectivity index (χ0n) is 23.0. The highest BCUT2D eigenvalue weighted by Gasteiger charge is 2.29. The van der Waals surface area contributed by atoms with Crippen molar-refractivity contribution in [2.24, 2.45) is 0 Å². The number of methoxy groups -OCH3 is 1. The SMILES string of the molecule is COc1ccc(C[C@@H](C)NC[C@H](O)c2ccc(O)c(NC=O)c2)cc1.O=C(O)/C=C/C(=O)O.O=C(O)C(O)C(O)C(=O)O. The third-order valence-corrected chi connectivity index (χ3v) is 5.15. The van der Waals surface area contributed by atoms with E-state index in [4.69, 9.17) is 35.4 Å². The molecular formula is C27H34N2O14. The van der Waals surface area contributed by atoms with Crippen LogP contribution in [-0.2, 0) is 30.4 Å². The van der Waals surface area contributed by atoms with Crippen LogP contribution in [0, 0.1) is 0 Å². The lowest BCUT2D eigenvalue weighted by Crippen LogP contribution is -2.39. The first kappa shape index (κ1) is 38.0. The zero-order valence-corrected chi connectivity index (χ0v) is 23.0. The predicted octanol–water partition coefficient (Wildman–Crippen LogP) is -0.187. The molecule has 16 heteroatoms. The van der Waals surface area contributed by atoms with Gasteiger partial charge in [0.25, 0.3) is 0 Å². The molecule has 2 unspecified atom stereocenters. The minimum atomic E-state index is -2.27. The molecule has 0 aliphatic rings. The summed E-state index contributed by atoms with van der Waals surface area (Å²) >= 11 is 0. The maximum atomic E-state index is 10.5. The van der Waals surface area contributed by atoms with Gasteiger partial charge in [0.2, 0.25) is 6.41 Å². The third-order valence-electron chi connectivity index (χ3n) is 5.15. The van der Waals surface area contributed by atoms with Crippen molar-refractivity contribution in [3.05, 3.63) is 65.7 Å². The highest BCUT2D eigenvalue weighted by molar-refractivity contribution is 5.89. The van der Waals surface area contributed by atoms with Crippen molar-refractivity contribution in [2.45, 2.75) is 37.7 Å². The molecule has 0 saturated heterocycles. The molecule has 2 aromatic carbocycles. The summed E-state index contributed by atoms with van der Waals surface area (Å²) < 4.78 is 5.14. The highest BCUT2D eigenvalue weighted by atomic mass is 16.5. The van der Waals surface area contributed by atoms with E-state index in [9.17, 15) is 34.2 Å². The fourth-order valence-electron chi connectivity index (χ4n) is 2.97. The summed E-state index contributed by atoms with van der Waals surface area (Å²) in [5, 5.41) is 73.8. The van der Waals surface area contributed by atoms with Crippen molar-refractivity contribution in [1.29, 1.82) is 0 Å². The Morgan fingerprint density at radius 3 is 1.79 bits per heavy atom. The van der Waals surface area contributed by atoms with E-state index in [-0.39, 0.29) is 17.5 Å². The van der Waals surface area contributed by atoms with E-state index >= 15 is 0 Å². The number of carbonyl (C=O) groups is 5. The number of aliphatic carboxylic acids is 4. The number of amides is 1. The molecular weight excluding hydrogens is 576 g/mol. The summed E-state index contributed by atoms with van der Waals surface area (Å²) in [6, 6.07) is 12.7. The van der Waals surface area contributed by atoms with E-state index in [2.05, 4.69) is 10.6 Å². The standard InChI is InChI=1S/C19H24N2O4.C4H6O6.C4H4O4/c1-13(9-14-3-6-16(25-2)7-4-14)20-11-19(24)15-5-8-18(23)17(10-15)21-12-22;5-1(3(7)8)2(6)4(9)10;5-3(6)1-2-4(7)8/h3-8,10,12-13,19-20,23-24H,9,11H2,1-2H3,(H,21,22);1-2,5-6H,(H,7,8)(H,9,10);1-2H,(H,5,6)(H,7,8)/b;;2-1+/t13-,19+;;/m1../s1. The molecule has 0 aliphatic heterocycles. The maximum Gasteiger partial charge on any atom is 0.335 e. The number of aliphatic hydroxyl groups is 3. The fraction of sp³-hybridized carbons (Fsp3) is 0.296. The van der Waals surface area contributed by atoms with Crippen LogP contribution in [0.25, 0.3) is 0 Å². The van der Waals surface area contributed by atoms with Crippen molar-refractivity contribution in [1.82, 2.24) is 5.32 Å². The smallest absolute Gasteiger partial charge is 0.335 e. The molecule has 0 radical (unpaired) electrons. The molecule has 2 rings (SSSR count). The van der Waals surface area contributed by atoms with Crippen LogP contribution in [0.4, 0.5) is 5.69 Å². The summed E-state index contributed by atoms with van der Waals surface area (Å²) in [4.78, 5) is 49.2. The number of ether oxygens (including phenoxy) is 1. The topological polar surface area (TPSA) is 280 Å². The fourth-order valence-corrected chi connectivity index (χ4v) is 2.97. The number of rotatable bonds is 14. The number of hydrogen-bond acceptors (Lipinski definition) is 11. The monoisotopic (exact) mass is 610 g/mol. The Morgan fingerprint density at radius 1 is 0.860 bits per heavy atom. The lowest BCUT2D eigenvalue weighted by atomic mass is 10.1. The molecule has 0 bridgehead atoms. The second-order valence-corrected chi connectivity index (χ2v) is 8.49. The molecule has 0 fully saturated rings. The van der Waals surface area contributed by atoms with E-state index < -0.39 is 42.2 Å². The third kappa shape index (κ3) is 16.1. The Labute approximate surface area is 245 Å². The van der Waals surface area contributed by atoms with Gasteiger partial charge in [-0.15, -0.1) is 0 Å². The molecule has 1 amide bonds. The van der Waals surface area contributed by atoms with Gasteiger partial charge in [0, 0.05) is 24.7 Å². The Morgan fingerprint density at radius 2 is 1.37 bits per heavy atom. The number of carbonyl (C=O) groups excluding carboxylic acids is 1. The van der Waals surface area contributed by atoms with Crippen LogP contribution in [0.5, 0.6) is 11.5 Å². The average Bonchev–Trinajstić information content (AvgIpc) is 2.96. The van der Waals surface area contributed by atoms with Gasteiger partial charge in [0.05, 0.1) is 18.9 Å². The summed E-state index contributed by atoms with van der Waals surface area (Å²) in [5.41, 5.74) is 2.07. The number of anilines is 1. The molecule has 4 atom stereocenters. The molecule has 16 nitrogen and oxygen atoms in total. The van der Waals surface area contributed by atoms with Crippen molar-refractivity contribution < 1.29 is 69.6 Å². The van der Waals surface area contributed by atoms with Crippen molar-refractivity contribution in [3.8, 4) is 11.5 Å². The molecule has 0 aliphatic carbocycles. The number of aromatic hydroxyl groups is 1. The quantitative estimate of drug-likeness (QED) is 0.0754. The second kappa shape index (κ2) is 19.9. The molecule has 0 saturated carbocycles. The molecule has 0 aromatic heterocycles. The molecule has 0 spiro atoms. The Balaban J connectivity index is 0.000000805. The highest BCUT2D eigenvalue weighted by Crippen LogP contribution is 2.26. The van der Waals surface area contributed by atoms with Crippen LogP contribution in [0.1, 0.15) is 24.2 Å². The van der Waals surface area contributed by atoms with Crippen LogP contribution in [0.15, 0.2) is 54.6 Å². The lowest BCUT2D eigenvalue weighted by Gasteiger charge is -2.18. The molecule has 10 N–H and O–H groups in total. The number of carboxylic acid groups (broad SMARTS) is 4. The van der Waals surface area contributed by atoms with Gasteiger partial charge in [-0.05, 0) is 48.7 Å². The lowest BCUT2D eigenvalue weighted by molar-refractivity contribution is -0.165. The van der Waals surface area contributed by atoms with E-state index in [1.165, 1.54) is 11.6 Å². The number of aliphatic hydroxyl groups excluding tert-OH is 3. The molecule has 0 heterocycles. The largest absolute Gasteiger partial charge is 0.506 e. The van der Waals surface area contributed by atoms with Gasteiger partial charge in [-0.1, -0.05) is 18.2 Å². The van der Waals surface area contributed by atoms with Gasteiger partial charge < -0.3 is 56.2 Å². The number of phenols is 1. The Hall–Kier alpha value is -5.03. The van der Waals surface area contributed by atoms with Crippen molar-refractivity contribution >= 4 is 36.0 Å². The molecule has 2 aromatic rings. The number of phenolic OH excluding ortho intramolecular Hbond substituents is 1. The Kier molecular flexibility index (Phi) is 17.6. The van der Waals surface area contributed by atoms with Gasteiger partial charge in [0.15, 0.2) is 12.2 Å². The molecule has 43 heavy (non-hydrogen) atoms. The predicted molar refractivity (Wildman–Crippen MR) is 149 cm³/mol. The normalized spacial score (nSPS) is 13.0. The summed E-state index contributed by atoms with van der Waals surface area (Å²) in [5.74, 6) is -5.26. The minimum absolute atomic E-state index is 0.0381. The van der Waals surface area contributed by atoms with Crippen LogP contribution in [-0.4, -0.2) is 103 Å².